The van der Waals surface area contributed by atoms with E-state index >= 15 is 0 Å². The third kappa shape index (κ3) is 7.06. The topological polar surface area (TPSA) is 83.5 Å². The van der Waals surface area contributed by atoms with Gasteiger partial charge < -0.3 is 20.5 Å². The average Bonchev–Trinajstić information content (AvgIpc) is 2.41. The molecular formula is C14H23N3O3. The lowest BCUT2D eigenvalue weighted by Gasteiger charge is -2.14. The Labute approximate surface area is 119 Å². The molecule has 0 bridgehead atoms. The third-order valence-electron chi connectivity index (χ3n) is 2.52. The fourth-order valence-corrected chi connectivity index (χ4v) is 1.44. The van der Waals surface area contributed by atoms with Crippen molar-refractivity contribution in [1.82, 2.24) is 15.6 Å². The maximum atomic E-state index is 10.8. The fraction of sp³-hybridized carbons (Fsp3) is 0.571. The van der Waals surface area contributed by atoms with Gasteiger partial charge >= 0.3 is 0 Å². The van der Waals surface area contributed by atoms with Gasteiger partial charge in [0, 0.05) is 38.3 Å². The third-order valence-corrected chi connectivity index (χ3v) is 2.52. The molecule has 0 aromatic carbocycles. The molecule has 0 spiro atoms. The van der Waals surface area contributed by atoms with E-state index in [1.54, 1.807) is 12.3 Å². The van der Waals surface area contributed by atoms with E-state index in [2.05, 4.69) is 15.6 Å². The predicted molar refractivity (Wildman–Crippen MR) is 76.4 cm³/mol. The van der Waals surface area contributed by atoms with Crippen LogP contribution in [0.2, 0.25) is 0 Å². The zero-order valence-electron chi connectivity index (χ0n) is 12.2. The Morgan fingerprint density at radius 3 is 2.75 bits per heavy atom. The first-order valence-electron chi connectivity index (χ1n) is 6.71. The monoisotopic (exact) mass is 281 g/mol. The molecule has 1 heterocycles. The Balaban J connectivity index is 2.32. The number of pyridine rings is 1. The molecule has 0 saturated heterocycles. The summed E-state index contributed by atoms with van der Waals surface area (Å²) in [6.45, 7) is 6.63. The molecule has 3 N–H and O–H groups in total. The Bertz CT molecular complexity index is 407. The van der Waals surface area contributed by atoms with Gasteiger partial charge in [-0.3, -0.25) is 4.79 Å². The molecule has 20 heavy (non-hydrogen) atoms. The first-order valence-corrected chi connectivity index (χ1v) is 6.71. The number of hydrogen-bond acceptors (Lipinski definition) is 5. The highest BCUT2D eigenvalue weighted by molar-refractivity contribution is 5.72. The van der Waals surface area contributed by atoms with Crippen molar-refractivity contribution in [3.8, 4) is 5.88 Å². The van der Waals surface area contributed by atoms with Crippen molar-refractivity contribution in [3.05, 3.63) is 23.9 Å². The van der Waals surface area contributed by atoms with Gasteiger partial charge in [-0.05, 0) is 5.56 Å². The quantitative estimate of drug-likeness (QED) is 0.644. The minimum absolute atomic E-state index is 0.0777. The lowest BCUT2D eigenvalue weighted by molar-refractivity contribution is -0.119. The average molecular weight is 281 g/mol. The fourth-order valence-electron chi connectivity index (χ4n) is 1.44. The van der Waals surface area contributed by atoms with Crippen molar-refractivity contribution in [2.24, 2.45) is 0 Å². The first-order chi connectivity index (χ1) is 9.47. The minimum atomic E-state index is -0.571. The largest absolute Gasteiger partial charge is 0.475 e. The van der Waals surface area contributed by atoms with E-state index < -0.39 is 6.10 Å². The first kappa shape index (κ1) is 16.4. The second-order valence-corrected chi connectivity index (χ2v) is 4.94. The van der Waals surface area contributed by atoms with E-state index in [4.69, 9.17) is 4.74 Å². The molecule has 0 saturated carbocycles. The van der Waals surface area contributed by atoms with Gasteiger partial charge in [0.05, 0.1) is 0 Å². The van der Waals surface area contributed by atoms with E-state index in [1.165, 1.54) is 6.92 Å². The van der Waals surface area contributed by atoms with Crippen molar-refractivity contribution in [3.63, 3.8) is 0 Å². The van der Waals surface area contributed by atoms with Crippen LogP contribution in [0.4, 0.5) is 0 Å². The van der Waals surface area contributed by atoms with E-state index in [-0.39, 0.29) is 12.5 Å². The van der Waals surface area contributed by atoms with Gasteiger partial charge in [-0.1, -0.05) is 19.9 Å². The molecule has 0 aliphatic heterocycles. The number of aliphatic hydroxyl groups is 1. The van der Waals surface area contributed by atoms with Crippen LogP contribution in [0.5, 0.6) is 5.88 Å². The molecule has 1 unspecified atom stereocenters. The van der Waals surface area contributed by atoms with Crippen LogP contribution < -0.4 is 15.4 Å². The molecule has 6 heteroatoms. The van der Waals surface area contributed by atoms with Gasteiger partial charge in [-0.25, -0.2) is 4.98 Å². The summed E-state index contributed by atoms with van der Waals surface area (Å²) in [6.07, 6.45) is 1.07. The molecule has 6 nitrogen and oxygen atoms in total. The summed E-state index contributed by atoms with van der Waals surface area (Å²) in [4.78, 5) is 14.9. The lowest BCUT2D eigenvalue weighted by Crippen LogP contribution is -2.35. The second kappa shape index (κ2) is 8.50. The molecule has 1 aromatic heterocycles. The van der Waals surface area contributed by atoms with E-state index in [9.17, 15) is 9.90 Å². The van der Waals surface area contributed by atoms with Gasteiger partial charge in [0.25, 0.3) is 0 Å². The smallest absolute Gasteiger partial charge is 0.217 e. The molecule has 0 radical (unpaired) electrons. The maximum absolute atomic E-state index is 10.8. The summed E-state index contributed by atoms with van der Waals surface area (Å²) in [6, 6.07) is 3.88. The summed E-state index contributed by atoms with van der Waals surface area (Å²) in [5.74, 6) is 0.381. The normalized spacial score (nSPS) is 12.2. The molecule has 0 fully saturated rings. The standard InChI is InChI=1S/C14H23N3O3/c1-10(2)15-8-13(19)9-20-14-5-4-12(7-17-14)6-16-11(3)18/h4-5,7,10,13,15,19H,6,8-9H2,1-3H3,(H,16,18). The number of ether oxygens (including phenoxy) is 1. The summed E-state index contributed by atoms with van der Waals surface area (Å²) in [5, 5.41) is 15.5. The Hall–Kier alpha value is -1.66. The zero-order valence-corrected chi connectivity index (χ0v) is 12.2. The highest BCUT2D eigenvalue weighted by atomic mass is 16.5. The summed E-state index contributed by atoms with van der Waals surface area (Å²) in [7, 11) is 0. The molecular weight excluding hydrogens is 258 g/mol. The second-order valence-electron chi connectivity index (χ2n) is 4.94. The van der Waals surface area contributed by atoms with Crippen LogP contribution in [0.1, 0.15) is 26.3 Å². The van der Waals surface area contributed by atoms with Crippen molar-refractivity contribution in [2.45, 2.75) is 39.5 Å². The molecule has 112 valence electrons. The predicted octanol–water partition coefficient (Wildman–Crippen LogP) is 0.455. The van der Waals surface area contributed by atoms with Crippen molar-refractivity contribution >= 4 is 5.91 Å². The Morgan fingerprint density at radius 2 is 2.20 bits per heavy atom. The van der Waals surface area contributed by atoms with Crippen molar-refractivity contribution < 1.29 is 14.6 Å². The van der Waals surface area contributed by atoms with Gasteiger partial charge in [-0.2, -0.15) is 0 Å². The number of aliphatic hydroxyl groups excluding tert-OH is 1. The summed E-state index contributed by atoms with van der Waals surface area (Å²) >= 11 is 0. The minimum Gasteiger partial charge on any atom is -0.475 e. The summed E-state index contributed by atoms with van der Waals surface area (Å²) in [5.41, 5.74) is 0.898. The van der Waals surface area contributed by atoms with Crippen LogP contribution in [0, 0.1) is 0 Å². The number of nitrogens with zero attached hydrogens (tertiary/aromatic N) is 1. The Morgan fingerprint density at radius 1 is 1.45 bits per heavy atom. The van der Waals surface area contributed by atoms with Crippen LogP contribution in [-0.2, 0) is 11.3 Å². The number of carbonyl (C=O) groups is 1. The van der Waals surface area contributed by atoms with E-state index in [0.29, 0.717) is 25.0 Å². The molecule has 0 aliphatic carbocycles. The highest BCUT2D eigenvalue weighted by Crippen LogP contribution is 2.07. The summed E-state index contributed by atoms with van der Waals surface area (Å²) < 4.78 is 5.39. The number of rotatable bonds is 8. The molecule has 1 aromatic rings. The van der Waals surface area contributed by atoms with Crippen molar-refractivity contribution in [1.29, 1.82) is 0 Å². The maximum Gasteiger partial charge on any atom is 0.217 e. The molecule has 1 atom stereocenters. The van der Waals surface area contributed by atoms with Crippen LogP contribution >= 0.6 is 0 Å². The number of carbonyl (C=O) groups excluding carboxylic acids is 1. The SMILES string of the molecule is CC(=O)NCc1ccc(OCC(O)CNC(C)C)nc1. The van der Waals surface area contributed by atoms with Gasteiger partial charge in [-0.15, -0.1) is 0 Å². The highest BCUT2D eigenvalue weighted by Gasteiger charge is 2.06. The van der Waals surface area contributed by atoms with Crippen molar-refractivity contribution in [2.75, 3.05) is 13.2 Å². The zero-order chi connectivity index (χ0) is 15.0. The number of hydrogen-bond donors (Lipinski definition) is 3. The Kier molecular flexibility index (Phi) is 6.97. The molecule has 1 amide bonds. The lowest BCUT2D eigenvalue weighted by atomic mass is 10.3. The van der Waals surface area contributed by atoms with Gasteiger partial charge in [0.15, 0.2) is 0 Å². The number of nitrogens with one attached hydrogen (secondary N) is 2. The van der Waals surface area contributed by atoms with Gasteiger partial charge in [0.2, 0.25) is 11.8 Å². The van der Waals surface area contributed by atoms with E-state index in [0.717, 1.165) is 5.56 Å². The number of aromatic nitrogens is 1. The van der Waals surface area contributed by atoms with Crippen LogP contribution in [-0.4, -0.2) is 41.3 Å². The number of amides is 1. The molecule has 0 aliphatic rings. The van der Waals surface area contributed by atoms with Crippen LogP contribution in [0.25, 0.3) is 0 Å². The van der Waals surface area contributed by atoms with Gasteiger partial charge in [0.1, 0.15) is 12.7 Å². The molecule has 1 rings (SSSR count). The van der Waals surface area contributed by atoms with Crippen LogP contribution in [0.3, 0.4) is 0 Å². The van der Waals surface area contributed by atoms with E-state index in [1.807, 2.05) is 19.9 Å². The van der Waals surface area contributed by atoms with Crippen LogP contribution in [0.15, 0.2) is 18.3 Å².